The highest BCUT2D eigenvalue weighted by Crippen LogP contribution is 2.63. The van der Waals surface area contributed by atoms with Crippen LogP contribution in [0.2, 0.25) is 5.02 Å². The highest BCUT2D eigenvalue weighted by Gasteiger charge is 2.60. The number of ether oxygens (including phenoxy) is 1. The molecule has 2 aliphatic rings. The number of hydrazone groups is 1. The Morgan fingerprint density at radius 3 is 2.55 bits per heavy atom. The summed E-state index contributed by atoms with van der Waals surface area (Å²) in [5.41, 5.74) is 3.57. The fraction of sp³-hybridized carbons (Fsp3) is 0.550. The molecule has 0 aromatic heterocycles. The van der Waals surface area contributed by atoms with E-state index in [0.717, 1.165) is 30.9 Å². The minimum absolute atomic E-state index is 0.00342. The molecule has 2 saturated carbocycles. The molecule has 7 nitrogen and oxygen atoms in total. The molecule has 3 rings (SSSR count). The summed E-state index contributed by atoms with van der Waals surface area (Å²) in [4.78, 5) is 24.1. The maximum absolute atomic E-state index is 12.2. The molecule has 1 aromatic rings. The van der Waals surface area contributed by atoms with Crippen molar-refractivity contribution >= 4 is 39.0 Å². The molecule has 2 bridgehead atoms. The van der Waals surface area contributed by atoms with Gasteiger partial charge in [-0.3, -0.25) is 4.79 Å². The number of hydrogen-bond donors (Lipinski definition) is 1. The zero-order chi connectivity index (χ0) is 21.6. The molecule has 2 aliphatic carbocycles. The molecular formula is C20H25ClN2O5S. The smallest absolute Gasteiger partial charge is 0.338 e. The average Bonchev–Trinajstić information content (AvgIpc) is 2.97. The summed E-state index contributed by atoms with van der Waals surface area (Å²) in [6.07, 6.45) is 4.08. The van der Waals surface area contributed by atoms with E-state index in [-0.39, 0.29) is 26.3 Å². The van der Waals surface area contributed by atoms with Crippen LogP contribution in [0.4, 0.5) is 0 Å². The van der Waals surface area contributed by atoms with Gasteiger partial charge in [0.2, 0.25) is 0 Å². The van der Waals surface area contributed by atoms with Gasteiger partial charge in [0, 0.05) is 17.4 Å². The van der Waals surface area contributed by atoms with E-state index in [1.165, 1.54) is 18.6 Å². The first kappa shape index (κ1) is 21.8. The molecule has 0 spiro atoms. The fourth-order valence-electron chi connectivity index (χ4n) is 4.39. The Morgan fingerprint density at radius 1 is 1.31 bits per heavy atom. The van der Waals surface area contributed by atoms with Crippen LogP contribution in [0.1, 0.15) is 50.4 Å². The summed E-state index contributed by atoms with van der Waals surface area (Å²) in [6, 6.07) is 3.78. The van der Waals surface area contributed by atoms with E-state index < -0.39 is 28.3 Å². The van der Waals surface area contributed by atoms with Gasteiger partial charge < -0.3 is 4.74 Å². The molecule has 0 saturated heterocycles. The maximum atomic E-state index is 12.2. The lowest BCUT2D eigenvalue weighted by molar-refractivity contribution is -0.124. The van der Waals surface area contributed by atoms with Crippen molar-refractivity contribution in [1.29, 1.82) is 0 Å². The molecule has 29 heavy (non-hydrogen) atoms. The van der Waals surface area contributed by atoms with Crippen LogP contribution in [0.25, 0.3) is 0 Å². The van der Waals surface area contributed by atoms with E-state index in [0.29, 0.717) is 5.92 Å². The molecule has 158 valence electrons. The number of nitrogens with zero attached hydrogens (tertiary/aromatic N) is 1. The molecule has 0 heterocycles. The van der Waals surface area contributed by atoms with E-state index in [9.17, 15) is 18.0 Å². The normalized spacial score (nSPS) is 26.5. The van der Waals surface area contributed by atoms with Gasteiger partial charge in [-0.2, -0.15) is 5.10 Å². The van der Waals surface area contributed by atoms with Crippen LogP contribution < -0.4 is 5.43 Å². The molecule has 9 heteroatoms. The van der Waals surface area contributed by atoms with E-state index in [4.69, 9.17) is 16.3 Å². The van der Waals surface area contributed by atoms with Gasteiger partial charge in [0.1, 0.15) is 0 Å². The number of benzene rings is 1. The minimum Gasteiger partial charge on any atom is -0.452 e. The van der Waals surface area contributed by atoms with Crippen LogP contribution >= 0.6 is 11.6 Å². The number of nitrogens with one attached hydrogen (secondary N) is 1. The minimum atomic E-state index is -3.60. The van der Waals surface area contributed by atoms with E-state index >= 15 is 0 Å². The summed E-state index contributed by atoms with van der Waals surface area (Å²) < 4.78 is 28.4. The Bertz CT molecular complexity index is 1000. The maximum Gasteiger partial charge on any atom is 0.338 e. The Labute approximate surface area is 175 Å². The third kappa shape index (κ3) is 3.92. The zero-order valence-corrected chi connectivity index (χ0v) is 18.5. The third-order valence-electron chi connectivity index (χ3n) is 6.73. The molecule has 2 unspecified atom stereocenters. The second-order valence-corrected chi connectivity index (χ2v) is 11.0. The number of hydrogen-bond acceptors (Lipinski definition) is 6. The number of halogens is 1. The van der Waals surface area contributed by atoms with E-state index in [2.05, 4.69) is 31.3 Å². The topological polar surface area (TPSA) is 102 Å². The van der Waals surface area contributed by atoms with Gasteiger partial charge in [-0.15, -0.1) is 0 Å². The molecule has 1 aromatic carbocycles. The van der Waals surface area contributed by atoms with Crippen molar-refractivity contribution in [2.24, 2.45) is 21.8 Å². The molecule has 1 N–H and O–H groups in total. The number of carbonyl (C=O) groups excluding carboxylic acids is 2. The summed E-state index contributed by atoms with van der Waals surface area (Å²) in [6.45, 7) is 6.15. The number of carbonyl (C=O) groups is 2. The number of fused-ring (bicyclic) bond motifs is 2. The first-order valence-corrected chi connectivity index (χ1v) is 11.7. The summed E-state index contributed by atoms with van der Waals surface area (Å²) in [7, 11) is -3.60. The molecule has 0 radical (unpaired) electrons. The SMILES string of the molecule is CC12CCC(C/C1=N/NC(=O)COC(=O)c1ccc(Cl)c(S(C)(=O)=O)c1)C2(C)C. The molecule has 0 aliphatic heterocycles. The van der Waals surface area contributed by atoms with Crippen molar-refractivity contribution in [1.82, 2.24) is 5.43 Å². The lowest BCUT2D eigenvalue weighted by atomic mass is 9.70. The van der Waals surface area contributed by atoms with Gasteiger partial charge in [-0.1, -0.05) is 32.4 Å². The van der Waals surface area contributed by atoms with Crippen molar-refractivity contribution in [2.75, 3.05) is 12.9 Å². The molecule has 2 fully saturated rings. The summed E-state index contributed by atoms with van der Waals surface area (Å²) >= 11 is 5.86. The van der Waals surface area contributed by atoms with Gasteiger partial charge in [-0.25, -0.2) is 18.6 Å². The Morgan fingerprint density at radius 2 is 2.00 bits per heavy atom. The van der Waals surface area contributed by atoms with Crippen LogP contribution in [0.3, 0.4) is 0 Å². The van der Waals surface area contributed by atoms with Crippen LogP contribution in [0.15, 0.2) is 28.2 Å². The van der Waals surface area contributed by atoms with Crippen molar-refractivity contribution in [3.8, 4) is 0 Å². The summed E-state index contributed by atoms with van der Waals surface area (Å²) in [5, 5.41) is 4.32. The lowest BCUT2D eigenvalue weighted by Gasteiger charge is -2.34. The lowest BCUT2D eigenvalue weighted by Crippen LogP contribution is -2.34. The monoisotopic (exact) mass is 440 g/mol. The largest absolute Gasteiger partial charge is 0.452 e. The van der Waals surface area contributed by atoms with E-state index in [1.54, 1.807) is 0 Å². The van der Waals surface area contributed by atoms with Crippen LogP contribution in [0, 0.1) is 16.7 Å². The number of sulfone groups is 1. The molecule has 2 atom stereocenters. The average molecular weight is 441 g/mol. The number of esters is 1. The first-order valence-electron chi connectivity index (χ1n) is 9.39. The van der Waals surface area contributed by atoms with Crippen molar-refractivity contribution in [3.63, 3.8) is 0 Å². The first-order chi connectivity index (χ1) is 13.4. The Balaban J connectivity index is 1.60. The number of rotatable bonds is 5. The second kappa shape index (κ2) is 7.40. The zero-order valence-electron chi connectivity index (χ0n) is 16.9. The second-order valence-electron chi connectivity index (χ2n) is 8.58. The van der Waals surface area contributed by atoms with Crippen molar-refractivity contribution in [3.05, 3.63) is 28.8 Å². The predicted molar refractivity (Wildman–Crippen MR) is 110 cm³/mol. The third-order valence-corrected chi connectivity index (χ3v) is 8.31. The van der Waals surface area contributed by atoms with Gasteiger partial charge >= 0.3 is 5.97 Å². The van der Waals surface area contributed by atoms with Gasteiger partial charge in [0.25, 0.3) is 5.91 Å². The van der Waals surface area contributed by atoms with Crippen LogP contribution in [-0.4, -0.2) is 38.9 Å². The fourth-order valence-corrected chi connectivity index (χ4v) is 5.69. The number of amides is 1. The Hall–Kier alpha value is -1.93. The van der Waals surface area contributed by atoms with Crippen molar-refractivity contribution in [2.45, 2.75) is 44.9 Å². The predicted octanol–water partition coefficient (Wildman–Crippen LogP) is 3.22. The summed E-state index contributed by atoms with van der Waals surface area (Å²) in [5.74, 6) is -0.801. The van der Waals surface area contributed by atoms with Gasteiger partial charge in [0.05, 0.1) is 15.5 Å². The standard InChI is InChI=1S/C20H25ClN2O5S/c1-19(2)13-7-8-20(19,3)16(10-13)22-23-17(24)11-28-18(25)12-5-6-14(21)15(9-12)29(4,26)27/h5-6,9,13H,7-8,10-11H2,1-4H3,(H,23,24)/b22-16-. The van der Waals surface area contributed by atoms with Crippen LogP contribution in [-0.2, 0) is 19.4 Å². The highest BCUT2D eigenvalue weighted by atomic mass is 35.5. The van der Waals surface area contributed by atoms with Gasteiger partial charge in [-0.05, 0) is 48.8 Å². The molecular weight excluding hydrogens is 416 g/mol. The highest BCUT2D eigenvalue weighted by molar-refractivity contribution is 7.90. The van der Waals surface area contributed by atoms with Gasteiger partial charge in [0.15, 0.2) is 16.4 Å². The van der Waals surface area contributed by atoms with Crippen LogP contribution in [0.5, 0.6) is 0 Å². The quantitative estimate of drug-likeness (QED) is 0.559. The van der Waals surface area contributed by atoms with E-state index in [1.807, 2.05) is 0 Å². The molecule has 1 amide bonds. The van der Waals surface area contributed by atoms with Crippen molar-refractivity contribution < 1.29 is 22.7 Å². The Kier molecular flexibility index (Phi) is 5.55.